The van der Waals surface area contributed by atoms with Crippen LogP contribution in [0.25, 0.3) is 0 Å². The van der Waals surface area contributed by atoms with E-state index in [1.165, 1.54) is 0 Å². The van der Waals surface area contributed by atoms with Gasteiger partial charge in [0.25, 0.3) is 0 Å². The van der Waals surface area contributed by atoms with Crippen molar-refractivity contribution < 1.29 is 19.1 Å². The van der Waals surface area contributed by atoms with Crippen molar-refractivity contribution in [3.63, 3.8) is 0 Å². The monoisotopic (exact) mass is 471 g/mol. The number of rotatable bonds is 7. The van der Waals surface area contributed by atoms with Crippen LogP contribution in [-0.4, -0.2) is 51.9 Å². The highest BCUT2D eigenvalue weighted by Gasteiger charge is 2.73. The summed E-state index contributed by atoms with van der Waals surface area (Å²) in [5.41, 5.74) is -1.48. The first-order chi connectivity index (χ1) is 15.8. The number of hydrogen-bond acceptors (Lipinski definition) is 5. The highest BCUT2D eigenvalue weighted by Crippen LogP contribution is 2.56. The number of amides is 3. The van der Waals surface area contributed by atoms with Gasteiger partial charge in [0.2, 0.25) is 17.7 Å². The zero-order chi connectivity index (χ0) is 23.4. The molecular weight excluding hydrogens is 438 g/mol. The van der Waals surface area contributed by atoms with E-state index in [1.807, 2.05) is 50.4 Å². The van der Waals surface area contributed by atoms with Crippen molar-refractivity contribution in [2.24, 2.45) is 11.8 Å². The summed E-state index contributed by atoms with van der Waals surface area (Å²) in [5.74, 6) is -1.77. The van der Waals surface area contributed by atoms with E-state index >= 15 is 0 Å². The second kappa shape index (κ2) is 8.24. The van der Waals surface area contributed by atoms with Gasteiger partial charge in [-0.2, -0.15) is 0 Å². The van der Waals surface area contributed by atoms with E-state index in [0.717, 1.165) is 37.0 Å². The van der Waals surface area contributed by atoms with Crippen LogP contribution in [0.15, 0.2) is 29.7 Å². The van der Waals surface area contributed by atoms with Gasteiger partial charge in [-0.15, -0.1) is 11.3 Å². The van der Waals surface area contributed by atoms with Gasteiger partial charge in [-0.3, -0.25) is 14.4 Å². The number of thiophene rings is 1. The lowest BCUT2D eigenvalue weighted by Gasteiger charge is -2.37. The number of likely N-dealkylation sites (tertiary alicyclic amines) is 1. The second-order valence-corrected chi connectivity index (χ2v) is 11.4. The first-order valence-electron chi connectivity index (χ1n) is 12.1. The predicted molar refractivity (Wildman–Crippen MR) is 125 cm³/mol. The number of ether oxygens (including phenoxy) is 1. The molecule has 4 heterocycles. The molecule has 1 aliphatic carbocycles. The lowest BCUT2D eigenvalue weighted by molar-refractivity contribution is -0.144. The Morgan fingerprint density at radius 1 is 1.27 bits per heavy atom. The number of carbonyl (C=O) groups excluding carboxylic acids is 3. The van der Waals surface area contributed by atoms with Gasteiger partial charge in [0.1, 0.15) is 11.6 Å². The summed E-state index contributed by atoms with van der Waals surface area (Å²) in [5, 5.41) is 8.13. The van der Waals surface area contributed by atoms with Gasteiger partial charge >= 0.3 is 0 Å². The third-order valence-electron chi connectivity index (χ3n) is 7.94. The van der Waals surface area contributed by atoms with Gasteiger partial charge in [0.05, 0.1) is 24.5 Å². The third-order valence-corrected chi connectivity index (χ3v) is 8.82. The largest absolute Gasteiger partial charge is 0.359 e. The van der Waals surface area contributed by atoms with Crippen LogP contribution < -0.4 is 10.6 Å². The fourth-order valence-electron chi connectivity index (χ4n) is 5.98. The van der Waals surface area contributed by atoms with E-state index in [-0.39, 0.29) is 23.8 Å². The molecule has 33 heavy (non-hydrogen) atoms. The number of carbonyl (C=O) groups is 3. The molecule has 0 radical (unpaired) electrons. The van der Waals surface area contributed by atoms with E-state index in [0.29, 0.717) is 6.54 Å². The molecule has 1 spiro atoms. The molecule has 3 aliphatic heterocycles. The number of fused-ring (bicyclic) bond motifs is 1. The van der Waals surface area contributed by atoms with Crippen LogP contribution >= 0.6 is 11.3 Å². The van der Waals surface area contributed by atoms with Gasteiger partial charge < -0.3 is 20.3 Å². The minimum Gasteiger partial charge on any atom is -0.359 e. The molecule has 2 bridgehead atoms. The summed E-state index contributed by atoms with van der Waals surface area (Å²) in [6.07, 6.45) is 7.92. The van der Waals surface area contributed by atoms with Gasteiger partial charge in [-0.25, -0.2) is 0 Å². The maximum atomic E-state index is 13.9. The van der Waals surface area contributed by atoms with Crippen molar-refractivity contribution in [3.05, 3.63) is 34.5 Å². The molecule has 4 aliphatic rings. The van der Waals surface area contributed by atoms with Gasteiger partial charge in [-0.1, -0.05) is 38.0 Å². The van der Waals surface area contributed by atoms with Crippen LogP contribution in [0.4, 0.5) is 0 Å². The average molecular weight is 472 g/mol. The van der Waals surface area contributed by atoms with Gasteiger partial charge in [0, 0.05) is 16.5 Å². The van der Waals surface area contributed by atoms with E-state index in [1.54, 1.807) is 16.2 Å². The molecule has 1 aromatic heterocycles. The quantitative estimate of drug-likeness (QED) is 0.599. The highest BCUT2D eigenvalue weighted by molar-refractivity contribution is 7.09. The molecule has 7 nitrogen and oxygen atoms in total. The summed E-state index contributed by atoms with van der Waals surface area (Å²) in [6, 6.07) is 3.19. The first kappa shape index (κ1) is 22.6. The van der Waals surface area contributed by atoms with Crippen LogP contribution in [-0.2, 0) is 25.7 Å². The summed E-state index contributed by atoms with van der Waals surface area (Å²) >= 11 is 1.58. The van der Waals surface area contributed by atoms with Gasteiger partial charge in [0.15, 0.2) is 0 Å². The van der Waals surface area contributed by atoms with Crippen LogP contribution in [0, 0.1) is 11.8 Å². The van der Waals surface area contributed by atoms with Crippen molar-refractivity contribution in [1.29, 1.82) is 0 Å². The Labute approximate surface area is 198 Å². The molecule has 178 valence electrons. The summed E-state index contributed by atoms with van der Waals surface area (Å²) in [7, 11) is 0. The molecule has 0 aromatic carbocycles. The summed E-state index contributed by atoms with van der Waals surface area (Å²) in [6.45, 7) is 6.43. The van der Waals surface area contributed by atoms with Crippen LogP contribution in [0.2, 0.25) is 0 Å². The zero-order valence-electron chi connectivity index (χ0n) is 19.5. The Balaban J connectivity index is 1.46. The maximum absolute atomic E-state index is 13.9. The maximum Gasteiger partial charge on any atom is 0.246 e. The fourth-order valence-corrected chi connectivity index (χ4v) is 6.62. The van der Waals surface area contributed by atoms with Crippen molar-refractivity contribution in [2.75, 3.05) is 0 Å². The Morgan fingerprint density at radius 2 is 2.03 bits per heavy atom. The molecule has 1 saturated carbocycles. The van der Waals surface area contributed by atoms with E-state index in [4.69, 9.17) is 4.74 Å². The molecule has 3 amide bonds. The normalized spacial score (nSPS) is 33.1. The number of nitrogens with zero attached hydrogens (tertiary/aromatic N) is 1. The summed E-state index contributed by atoms with van der Waals surface area (Å²) in [4.78, 5) is 43.8. The molecule has 1 aromatic rings. The standard InChI is InChI=1S/C25H33N3O4S/c1-4-24(2,3)27-22(30)20-25-12-11-17(32-25)18(21(29)26-14-16-10-7-13-33-16)19(25)23(31)28(20)15-8-5-6-9-15/h7,10-13,15,17-20H,4-6,8-9,14H2,1-3H3,(H,26,29)(H,27,30)/t17-,18+,19-,20-,25-/m1/s1. The molecule has 3 fully saturated rings. The van der Waals surface area contributed by atoms with Gasteiger partial charge in [-0.05, 0) is 44.6 Å². The Kier molecular flexibility index (Phi) is 5.64. The van der Waals surface area contributed by atoms with Crippen LogP contribution in [0.1, 0.15) is 57.8 Å². The molecule has 2 saturated heterocycles. The number of hydrogen-bond donors (Lipinski definition) is 2. The van der Waals surface area contributed by atoms with E-state index in [2.05, 4.69) is 10.6 Å². The molecule has 5 atom stereocenters. The SMILES string of the molecule is CCC(C)(C)NC(=O)[C@H]1N(C2CCCC2)C(=O)[C@H]2[C@@H](C(=O)NCc3cccs3)[C@H]3C=C[C@@]21O3. The minimum absolute atomic E-state index is 0.0174. The predicted octanol–water partition coefficient (Wildman–Crippen LogP) is 2.76. The molecule has 8 heteroatoms. The zero-order valence-corrected chi connectivity index (χ0v) is 20.3. The smallest absolute Gasteiger partial charge is 0.246 e. The topological polar surface area (TPSA) is 87.7 Å². The Morgan fingerprint density at radius 3 is 2.70 bits per heavy atom. The molecular formula is C25H33N3O4S. The Hall–Kier alpha value is -2.19. The van der Waals surface area contributed by atoms with E-state index in [9.17, 15) is 14.4 Å². The van der Waals surface area contributed by atoms with Crippen molar-refractivity contribution in [1.82, 2.24) is 15.5 Å². The lowest BCUT2D eigenvalue weighted by atomic mass is 9.74. The summed E-state index contributed by atoms with van der Waals surface area (Å²) < 4.78 is 6.40. The van der Waals surface area contributed by atoms with Crippen LogP contribution in [0.3, 0.4) is 0 Å². The van der Waals surface area contributed by atoms with Crippen molar-refractivity contribution in [2.45, 2.75) is 88.7 Å². The molecule has 5 rings (SSSR count). The fraction of sp³-hybridized carbons (Fsp3) is 0.640. The van der Waals surface area contributed by atoms with E-state index < -0.39 is 35.1 Å². The highest BCUT2D eigenvalue weighted by atomic mass is 32.1. The second-order valence-electron chi connectivity index (χ2n) is 10.4. The first-order valence-corrected chi connectivity index (χ1v) is 13.0. The Bertz CT molecular complexity index is 968. The minimum atomic E-state index is -1.08. The molecule has 0 unspecified atom stereocenters. The average Bonchev–Trinajstić information content (AvgIpc) is 3.59. The lowest BCUT2D eigenvalue weighted by Crippen LogP contribution is -2.59. The number of nitrogens with one attached hydrogen (secondary N) is 2. The van der Waals surface area contributed by atoms with Crippen molar-refractivity contribution >= 4 is 29.1 Å². The van der Waals surface area contributed by atoms with Crippen LogP contribution in [0.5, 0.6) is 0 Å². The third kappa shape index (κ3) is 3.62. The molecule has 2 N–H and O–H groups in total. The van der Waals surface area contributed by atoms with Crippen molar-refractivity contribution in [3.8, 4) is 0 Å².